The smallest absolute Gasteiger partial charge is 0.261 e. The molecule has 0 aromatic heterocycles. The van der Waals surface area contributed by atoms with Crippen molar-refractivity contribution in [2.45, 2.75) is 75.6 Å². The molecule has 34 heavy (non-hydrogen) atoms. The lowest BCUT2D eigenvalue weighted by atomic mass is 9.56. The Kier molecular flexibility index (Phi) is 8.88. The Balaban J connectivity index is 1.78. The molecule has 0 spiro atoms. The van der Waals surface area contributed by atoms with Crippen molar-refractivity contribution in [2.24, 2.45) is 0 Å². The van der Waals surface area contributed by atoms with Gasteiger partial charge < -0.3 is 9.64 Å². The SMILES string of the molecule is [B]C1(c2ccc(S(=O)(=O)N/C(=C/C3=C(C)CCN(CC)CC3)C(=C)C)cc2)CCC(OC)CC1. The Morgan fingerprint density at radius 2 is 1.85 bits per heavy atom. The highest BCUT2D eigenvalue weighted by Gasteiger charge is 2.32. The molecule has 1 aliphatic carbocycles. The van der Waals surface area contributed by atoms with Crippen molar-refractivity contribution in [1.29, 1.82) is 0 Å². The van der Waals surface area contributed by atoms with Gasteiger partial charge in [-0.15, -0.1) is 0 Å². The van der Waals surface area contributed by atoms with Gasteiger partial charge >= 0.3 is 0 Å². The van der Waals surface area contributed by atoms with Crippen LogP contribution in [0.3, 0.4) is 0 Å². The summed E-state index contributed by atoms with van der Waals surface area (Å²) in [5.74, 6) is 0. The van der Waals surface area contributed by atoms with Gasteiger partial charge in [-0.1, -0.05) is 36.8 Å². The van der Waals surface area contributed by atoms with E-state index in [-0.39, 0.29) is 11.0 Å². The predicted octanol–water partition coefficient (Wildman–Crippen LogP) is 4.81. The Bertz CT molecular complexity index is 1040. The number of hydrogen-bond acceptors (Lipinski definition) is 4. The first-order valence-electron chi connectivity index (χ1n) is 12.3. The average Bonchev–Trinajstić information content (AvgIpc) is 3.00. The number of benzene rings is 1. The summed E-state index contributed by atoms with van der Waals surface area (Å²) in [5.41, 5.74) is 4.68. The Hall–Kier alpha value is -1.83. The molecule has 1 aromatic rings. The van der Waals surface area contributed by atoms with E-state index in [9.17, 15) is 8.42 Å². The van der Waals surface area contributed by atoms with Gasteiger partial charge in [0.1, 0.15) is 0 Å². The van der Waals surface area contributed by atoms with Crippen molar-refractivity contribution < 1.29 is 13.2 Å². The van der Waals surface area contributed by atoms with Gasteiger partial charge in [0.25, 0.3) is 10.0 Å². The number of sulfonamides is 1. The third kappa shape index (κ3) is 6.44. The fourth-order valence-electron chi connectivity index (χ4n) is 4.82. The first kappa shape index (κ1) is 26.8. The molecule has 3 rings (SSSR count). The fraction of sp³-hybridized carbons (Fsp3) is 0.556. The molecule has 0 unspecified atom stereocenters. The molecule has 1 heterocycles. The van der Waals surface area contributed by atoms with Crippen molar-refractivity contribution in [3.05, 3.63) is 64.9 Å². The lowest BCUT2D eigenvalue weighted by molar-refractivity contribution is 0.0608. The maximum Gasteiger partial charge on any atom is 0.261 e. The number of nitrogens with zero attached hydrogens (tertiary/aromatic N) is 1. The minimum atomic E-state index is -3.75. The van der Waals surface area contributed by atoms with Crippen molar-refractivity contribution >= 4 is 17.9 Å². The molecule has 7 heteroatoms. The van der Waals surface area contributed by atoms with E-state index in [4.69, 9.17) is 12.6 Å². The molecule has 1 aromatic carbocycles. The summed E-state index contributed by atoms with van der Waals surface area (Å²) in [5, 5.41) is -0.441. The van der Waals surface area contributed by atoms with Crippen LogP contribution in [0.25, 0.3) is 0 Å². The molecule has 0 atom stereocenters. The van der Waals surface area contributed by atoms with Crippen LogP contribution in [0.1, 0.15) is 64.9 Å². The first-order chi connectivity index (χ1) is 16.1. The number of allylic oxidation sites excluding steroid dienone is 2. The maximum absolute atomic E-state index is 13.2. The standard InChI is InChI=1S/C27H39BN2O3S/c1-6-30-17-13-21(4)22(14-18-30)19-26(20(2)3)29-34(31,32)25-9-7-23(8-10-25)27(28)15-11-24(33-5)12-16-27/h7-10,19,24,29H,2,6,11-18H2,1,3-5H3/b26-19+. The molecule has 2 aliphatic rings. The number of rotatable bonds is 8. The van der Waals surface area contributed by atoms with Crippen LogP contribution in [-0.2, 0) is 20.1 Å². The summed E-state index contributed by atoms with van der Waals surface area (Å²) >= 11 is 0. The summed E-state index contributed by atoms with van der Waals surface area (Å²) in [7, 11) is 4.66. The average molecular weight is 482 g/mol. The van der Waals surface area contributed by atoms with Crippen molar-refractivity contribution in [1.82, 2.24) is 9.62 Å². The molecule has 184 valence electrons. The third-order valence-electron chi connectivity index (χ3n) is 7.42. The second kappa shape index (κ2) is 11.3. The van der Waals surface area contributed by atoms with Gasteiger partial charge in [-0.05, 0) is 93.6 Å². The number of ether oxygens (including phenoxy) is 1. The number of nitrogens with one attached hydrogen (secondary N) is 1. The van der Waals surface area contributed by atoms with E-state index in [0.717, 1.165) is 63.7 Å². The zero-order valence-electron chi connectivity index (χ0n) is 21.2. The van der Waals surface area contributed by atoms with E-state index < -0.39 is 15.3 Å². The highest BCUT2D eigenvalue weighted by atomic mass is 32.2. The quantitative estimate of drug-likeness (QED) is 0.427. The molecule has 1 N–H and O–H groups in total. The molecule has 1 fully saturated rings. The van der Waals surface area contributed by atoms with E-state index in [2.05, 4.69) is 30.0 Å². The molecule has 0 amide bonds. The third-order valence-corrected chi connectivity index (χ3v) is 8.80. The van der Waals surface area contributed by atoms with Crippen LogP contribution in [0.2, 0.25) is 0 Å². The fourth-order valence-corrected chi connectivity index (χ4v) is 5.95. The summed E-state index contributed by atoms with van der Waals surface area (Å²) < 4.78 is 34.7. The van der Waals surface area contributed by atoms with Gasteiger partial charge in [-0.3, -0.25) is 4.72 Å². The van der Waals surface area contributed by atoms with Crippen LogP contribution < -0.4 is 4.72 Å². The highest BCUT2D eigenvalue weighted by Crippen LogP contribution is 2.37. The van der Waals surface area contributed by atoms with Crippen LogP contribution in [-0.4, -0.2) is 54.0 Å². The molecule has 2 radical (unpaired) electrons. The Labute approximate surface area is 207 Å². The van der Waals surface area contributed by atoms with E-state index in [1.165, 1.54) is 11.1 Å². The Morgan fingerprint density at radius 3 is 2.41 bits per heavy atom. The van der Waals surface area contributed by atoms with Gasteiger partial charge in [0.15, 0.2) is 0 Å². The summed E-state index contributed by atoms with van der Waals surface area (Å²) in [6.07, 6.45) is 7.57. The zero-order valence-corrected chi connectivity index (χ0v) is 22.0. The topological polar surface area (TPSA) is 58.6 Å². The lowest BCUT2D eigenvalue weighted by Gasteiger charge is -2.38. The van der Waals surface area contributed by atoms with Crippen molar-refractivity contribution in [3.63, 3.8) is 0 Å². The van der Waals surface area contributed by atoms with Crippen LogP contribution in [0.4, 0.5) is 0 Å². The van der Waals surface area contributed by atoms with Crippen LogP contribution in [0.15, 0.2) is 64.2 Å². The largest absolute Gasteiger partial charge is 0.381 e. The maximum atomic E-state index is 13.2. The van der Waals surface area contributed by atoms with E-state index in [1.54, 1.807) is 19.2 Å². The second-order valence-electron chi connectivity index (χ2n) is 9.80. The second-order valence-corrected chi connectivity index (χ2v) is 11.5. The van der Waals surface area contributed by atoms with Gasteiger partial charge in [0, 0.05) is 20.2 Å². The molecule has 0 bridgehead atoms. The van der Waals surface area contributed by atoms with Crippen molar-refractivity contribution in [2.75, 3.05) is 26.7 Å². The van der Waals surface area contributed by atoms with E-state index in [1.807, 2.05) is 25.1 Å². The summed E-state index contributed by atoms with van der Waals surface area (Å²) in [6.45, 7) is 13.2. The molecular formula is C27H39BN2O3S. The van der Waals surface area contributed by atoms with E-state index in [0.29, 0.717) is 11.3 Å². The molecule has 1 aliphatic heterocycles. The van der Waals surface area contributed by atoms with Crippen LogP contribution >= 0.6 is 0 Å². The number of methoxy groups -OCH3 is 1. The monoisotopic (exact) mass is 482 g/mol. The van der Waals surface area contributed by atoms with Crippen LogP contribution in [0, 0.1) is 0 Å². The molecule has 0 saturated heterocycles. The van der Waals surface area contributed by atoms with Gasteiger partial charge in [-0.25, -0.2) is 8.42 Å². The van der Waals surface area contributed by atoms with Gasteiger partial charge in [0.05, 0.1) is 24.5 Å². The minimum Gasteiger partial charge on any atom is -0.381 e. The first-order valence-corrected chi connectivity index (χ1v) is 13.8. The van der Waals surface area contributed by atoms with Crippen molar-refractivity contribution in [3.8, 4) is 0 Å². The molecule has 1 saturated carbocycles. The highest BCUT2D eigenvalue weighted by molar-refractivity contribution is 7.89. The molecule has 5 nitrogen and oxygen atoms in total. The number of hydrogen-bond donors (Lipinski definition) is 1. The minimum absolute atomic E-state index is 0.223. The zero-order chi connectivity index (χ0) is 24.9. The summed E-state index contributed by atoms with van der Waals surface area (Å²) in [4.78, 5) is 2.64. The molecular weight excluding hydrogens is 443 g/mol. The lowest BCUT2D eigenvalue weighted by Crippen LogP contribution is -2.34. The predicted molar refractivity (Wildman–Crippen MR) is 140 cm³/mol. The van der Waals surface area contributed by atoms with Gasteiger partial charge in [-0.2, -0.15) is 0 Å². The van der Waals surface area contributed by atoms with E-state index >= 15 is 0 Å². The normalized spacial score (nSPS) is 25.2. The van der Waals surface area contributed by atoms with Crippen LogP contribution in [0.5, 0.6) is 0 Å². The Morgan fingerprint density at radius 1 is 1.24 bits per heavy atom. The summed E-state index contributed by atoms with van der Waals surface area (Å²) in [6, 6.07) is 7.01. The van der Waals surface area contributed by atoms with Gasteiger partial charge in [0.2, 0.25) is 0 Å².